The van der Waals surface area contributed by atoms with Crippen LogP contribution in [0.5, 0.6) is 0 Å². The Kier molecular flexibility index (Phi) is 4.68. The Morgan fingerprint density at radius 3 is 2.48 bits per heavy atom. The van der Waals surface area contributed by atoms with Gasteiger partial charge in [0.25, 0.3) is 0 Å². The molecule has 0 bridgehead atoms. The lowest BCUT2D eigenvalue weighted by atomic mass is 9.79. The molecule has 2 aromatic rings. The zero-order valence-corrected chi connectivity index (χ0v) is 16.5. The fraction of sp³-hybridized carbons (Fsp3) is 0.444. The number of fused-ring (bicyclic) bond motifs is 1. The number of thiazole rings is 1. The zero-order chi connectivity index (χ0) is 19.4. The van der Waals surface area contributed by atoms with Crippen LogP contribution in [-0.4, -0.2) is 30.0 Å². The number of nitrogens with zero attached hydrogens (tertiary/aromatic N) is 2. The van der Waals surface area contributed by atoms with Gasteiger partial charge in [-0.25, -0.2) is 4.98 Å². The first-order valence-electron chi connectivity index (χ1n) is 8.55. The number of rotatable bonds is 2. The van der Waals surface area contributed by atoms with Gasteiger partial charge in [-0.1, -0.05) is 34.5 Å². The minimum Gasteiger partial charge on any atom is -0.347 e. The predicted molar refractivity (Wildman–Crippen MR) is 103 cm³/mol. The topological polar surface area (TPSA) is 40.0 Å². The van der Waals surface area contributed by atoms with E-state index in [2.05, 4.69) is 4.98 Å². The normalized spacial score (nSPS) is 23.0. The predicted octanol–water partition coefficient (Wildman–Crippen LogP) is 5.86. The highest BCUT2D eigenvalue weighted by Crippen LogP contribution is 2.50. The maximum absolute atomic E-state index is 14.2. The second-order valence-corrected chi connectivity index (χ2v) is 8.86. The highest BCUT2D eigenvalue weighted by atomic mass is 35.5. The quantitative estimate of drug-likeness (QED) is 0.643. The van der Waals surface area contributed by atoms with Crippen molar-refractivity contribution < 1.29 is 13.2 Å². The van der Waals surface area contributed by atoms with Gasteiger partial charge in [0.1, 0.15) is 5.41 Å². The minimum absolute atomic E-state index is 0.0871. The zero-order valence-electron chi connectivity index (χ0n) is 14.2. The molecular formula is C18H16Cl2F3N3S. The molecule has 0 spiro atoms. The summed E-state index contributed by atoms with van der Waals surface area (Å²) in [5.41, 5.74) is -0.588. The third kappa shape index (κ3) is 3.23. The van der Waals surface area contributed by atoms with Crippen LogP contribution in [0.3, 0.4) is 0 Å². The van der Waals surface area contributed by atoms with E-state index in [0.29, 0.717) is 17.3 Å². The van der Waals surface area contributed by atoms with Crippen molar-refractivity contribution in [2.24, 2.45) is 0 Å². The van der Waals surface area contributed by atoms with Gasteiger partial charge in [-0.05, 0) is 49.4 Å². The number of benzene rings is 1. The summed E-state index contributed by atoms with van der Waals surface area (Å²) < 4.78 is 42.5. The molecule has 0 radical (unpaired) electrons. The van der Waals surface area contributed by atoms with Gasteiger partial charge >= 0.3 is 6.18 Å². The van der Waals surface area contributed by atoms with E-state index in [1.807, 2.05) is 0 Å². The molecule has 0 amide bonds. The number of nitrogens with one attached hydrogen (secondary N) is 1. The Morgan fingerprint density at radius 2 is 1.85 bits per heavy atom. The Hall–Kier alpha value is -1.31. The third-order valence-corrected chi connectivity index (χ3v) is 6.95. The Labute approximate surface area is 168 Å². The molecular weight excluding hydrogens is 418 g/mol. The van der Waals surface area contributed by atoms with Crippen molar-refractivity contribution in [1.29, 1.82) is 5.41 Å². The van der Waals surface area contributed by atoms with Gasteiger partial charge in [-0.2, -0.15) is 13.2 Å². The summed E-state index contributed by atoms with van der Waals surface area (Å²) in [6, 6.07) is 4.14. The van der Waals surface area contributed by atoms with E-state index in [-0.39, 0.29) is 35.1 Å². The van der Waals surface area contributed by atoms with Crippen LogP contribution < -0.4 is 4.90 Å². The first kappa shape index (κ1) is 19.0. The van der Waals surface area contributed by atoms with Crippen LogP contribution in [0.4, 0.5) is 18.3 Å². The molecule has 0 saturated carbocycles. The molecule has 1 aromatic heterocycles. The molecule has 9 heteroatoms. The van der Waals surface area contributed by atoms with Gasteiger partial charge in [0.05, 0.1) is 16.3 Å². The van der Waals surface area contributed by atoms with Gasteiger partial charge in [-0.15, -0.1) is 0 Å². The average molecular weight is 434 g/mol. The number of aryl methyl sites for hydroxylation is 1. The van der Waals surface area contributed by atoms with E-state index in [1.54, 1.807) is 4.90 Å². The molecule has 4 rings (SSSR count). The fourth-order valence-corrected chi connectivity index (χ4v) is 5.50. The van der Waals surface area contributed by atoms with E-state index in [4.69, 9.17) is 28.6 Å². The van der Waals surface area contributed by atoms with Gasteiger partial charge in [0.2, 0.25) is 0 Å². The molecule has 144 valence electrons. The van der Waals surface area contributed by atoms with Gasteiger partial charge in [-0.3, -0.25) is 0 Å². The molecule has 3 nitrogen and oxygen atoms in total. The van der Waals surface area contributed by atoms with E-state index in [1.165, 1.54) is 29.5 Å². The standard InChI is InChI=1S/C18H16Cl2F3N3S/c19-11-6-10(7-12(20)8-11)17(18(21,22)23)4-5-26(9-17)16-25-14-3-1-2-13(24)15(14)27-16/h6-8,24H,1-5,9H2. The molecule has 1 aliphatic carbocycles. The van der Waals surface area contributed by atoms with Crippen LogP contribution in [0.1, 0.15) is 35.4 Å². The molecule has 1 atom stereocenters. The van der Waals surface area contributed by atoms with E-state index in [9.17, 15) is 13.2 Å². The highest BCUT2D eigenvalue weighted by molar-refractivity contribution is 7.17. The SMILES string of the molecule is N=C1CCCc2nc(N3CCC(c4cc(Cl)cc(Cl)c4)(C(F)(F)F)C3)sc21. The number of hydrogen-bond acceptors (Lipinski definition) is 4. The summed E-state index contributed by atoms with van der Waals surface area (Å²) >= 11 is 13.3. The number of anilines is 1. The summed E-state index contributed by atoms with van der Waals surface area (Å²) in [4.78, 5) is 7.03. The molecule has 1 aliphatic heterocycles. The first-order valence-corrected chi connectivity index (χ1v) is 10.1. The van der Waals surface area contributed by atoms with Crippen LogP contribution in [0.2, 0.25) is 10.0 Å². The van der Waals surface area contributed by atoms with Crippen LogP contribution in [0.25, 0.3) is 0 Å². The Bertz CT molecular complexity index is 891. The van der Waals surface area contributed by atoms with Crippen molar-refractivity contribution >= 4 is 45.4 Å². The smallest absolute Gasteiger partial charge is 0.347 e. The number of hydrogen-bond donors (Lipinski definition) is 1. The molecule has 1 fully saturated rings. The summed E-state index contributed by atoms with van der Waals surface area (Å²) in [5.74, 6) is 0. The van der Waals surface area contributed by atoms with Crippen LogP contribution >= 0.6 is 34.5 Å². The van der Waals surface area contributed by atoms with Crippen molar-refractivity contribution in [3.05, 3.63) is 44.4 Å². The monoisotopic (exact) mass is 433 g/mol. The molecule has 2 heterocycles. The van der Waals surface area contributed by atoms with Crippen LogP contribution in [-0.2, 0) is 11.8 Å². The summed E-state index contributed by atoms with van der Waals surface area (Å²) in [6.45, 7) is 0.0102. The van der Waals surface area contributed by atoms with E-state index in [0.717, 1.165) is 23.4 Å². The average Bonchev–Trinajstić information content (AvgIpc) is 3.19. The molecule has 1 unspecified atom stereocenters. The Morgan fingerprint density at radius 1 is 1.15 bits per heavy atom. The maximum Gasteiger partial charge on any atom is 0.400 e. The molecule has 2 aliphatic rings. The summed E-state index contributed by atoms with van der Waals surface area (Å²) in [5, 5.41) is 9.00. The number of aromatic nitrogens is 1. The second-order valence-electron chi connectivity index (χ2n) is 7.01. The van der Waals surface area contributed by atoms with Gasteiger partial charge < -0.3 is 10.3 Å². The lowest BCUT2D eigenvalue weighted by Crippen LogP contribution is -2.44. The second kappa shape index (κ2) is 6.64. The Balaban J connectivity index is 1.72. The number of halogens is 5. The molecule has 1 aromatic carbocycles. The molecule has 27 heavy (non-hydrogen) atoms. The molecule has 1 N–H and O–H groups in total. The van der Waals surface area contributed by atoms with E-state index >= 15 is 0 Å². The summed E-state index contributed by atoms with van der Waals surface area (Å²) in [7, 11) is 0. The lowest BCUT2D eigenvalue weighted by molar-refractivity contribution is -0.184. The first-order chi connectivity index (χ1) is 12.7. The van der Waals surface area contributed by atoms with Crippen molar-refractivity contribution in [2.45, 2.75) is 37.3 Å². The van der Waals surface area contributed by atoms with Crippen molar-refractivity contribution in [2.75, 3.05) is 18.0 Å². The van der Waals surface area contributed by atoms with Crippen LogP contribution in [0.15, 0.2) is 18.2 Å². The van der Waals surface area contributed by atoms with Crippen molar-refractivity contribution in [1.82, 2.24) is 4.98 Å². The molecule has 1 saturated heterocycles. The van der Waals surface area contributed by atoms with Gasteiger partial charge in [0, 0.05) is 23.1 Å². The van der Waals surface area contributed by atoms with E-state index < -0.39 is 11.6 Å². The van der Waals surface area contributed by atoms with Gasteiger partial charge in [0.15, 0.2) is 5.13 Å². The van der Waals surface area contributed by atoms with Crippen molar-refractivity contribution in [3.63, 3.8) is 0 Å². The fourth-order valence-electron chi connectivity index (χ4n) is 3.86. The van der Waals surface area contributed by atoms with Crippen LogP contribution in [0, 0.1) is 5.41 Å². The lowest BCUT2D eigenvalue weighted by Gasteiger charge is -2.32. The third-order valence-electron chi connectivity index (χ3n) is 5.30. The van der Waals surface area contributed by atoms with Crippen molar-refractivity contribution in [3.8, 4) is 0 Å². The highest BCUT2D eigenvalue weighted by Gasteiger charge is 2.59. The summed E-state index contributed by atoms with van der Waals surface area (Å²) in [6.07, 6.45) is -2.20. The maximum atomic E-state index is 14.2. The largest absolute Gasteiger partial charge is 0.400 e. The minimum atomic E-state index is -4.45. The number of alkyl halides is 3.